The van der Waals surface area contributed by atoms with E-state index in [9.17, 15) is 18.0 Å². The molecule has 144 valence electrons. The lowest BCUT2D eigenvalue weighted by atomic mass is 10.1. The van der Waals surface area contributed by atoms with Crippen molar-refractivity contribution < 1.29 is 32.6 Å². The van der Waals surface area contributed by atoms with Gasteiger partial charge in [0.05, 0.1) is 6.04 Å². The Balaban J connectivity index is 0.000000298. The summed E-state index contributed by atoms with van der Waals surface area (Å²) in [4.78, 5) is 27.3. The molecule has 1 N–H and O–H groups in total. The number of nitrogens with zero attached hydrogens (tertiary/aromatic N) is 2. The van der Waals surface area contributed by atoms with E-state index in [4.69, 9.17) is 14.6 Å². The lowest BCUT2D eigenvalue weighted by Crippen LogP contribution is -2.42. The highest BCUT2D eigenvalue weighted by atomic mass is 19.4. The molecule has 3 atom stereocenters. The molecule has 2 aliphatic rings. The number of hydrogen-bond donors (Lipinski definition) is 1. The van der Waals surface area contributed by atoms with Gasteiger partial charge in [0.1, 0.15) is 6.10 Å². The van der Waals surface area contributed by atoms with Gasteiger partial charge in [-0.1, -0.05) is 19.9 Å². The van der Waals surface area contributed by atoms with Crippen LogP contribution in [-0.2, 0) is 9.59 Å². The highest BCUT2D eigenvalue weighted by Gasteiger charge is 2.50. The third-order valence-corrected chi connectivity index (χ3v) is 4.42. The van der Waals surface area contributed by atoms with Crippen LogP contribution >= 0.6 is 0 Å². The number of rotatable bonds is 3. The molecule has 1 amide bonds. The molecular weight excluding hydrogens is 353 g/mol. The number of fused-ring (bicyclic) bond motifs is 2. The number of likely N-dealkylation sites (tertiary alicyclic amines) is 1. The van der Waals surface area contributed by atoms with Crippen LogP contribution in [0.1, 0.15) is 26.7 Å². The number of aliphatic carboxylic acids is 1. The van der Waals surface area contributed by atoms with Gasteiger partial charge in [0.2, 0.25) is 11.8 Å². The maximum absolute atomic E-state index is 12.2. The van der Waals surface area contributed by atoms with Crippen LogP contribution in [0, 0.1) is 11.8 Å². The van der Waals surface area contributed by atoms with E-state index in [0.717, 1.165) is 19.4 Å². The molecule has 3 rings (SSSR count). The molecule has 9 heteroatoms. The van der Waals surface area contributed by atoms with Gasteiger partial charge in [-0.3, -0.25) is 4.79 Å². The van der Waals surface area contributed by atoms with E-state index >= 15 is 0 Å². The van der Waals surface area contributed by atoms with Crippen molar-refractivity contribution in [2.24, 2.45) is 11.8 Å². The number of carbonyl (C=O) groups excluding carboxylic acids is 1. The number of carboxylic acids is 1. The monoisotopic (exact) mass is 374 g/mol. The number of hydrogen-bond acceptors (Lipinski definition) is 4. The molecule has 1 aliphatic heterocycles. The SMILES string of the molecule is CC(C)C(=O)N1CC2CCC1C2Oc1ccccn1.O=C(O)C(F)(F)F. The zero-order chi connectivity index (χ0) is 19.5. The molecule has 26 heavy (non-hydrogen) atoms. The molecule has 0 spiro atoms. The summed E-state index contributed by atoms with van der Waals surface area (Å²) in [7, 11) is 0. The summed E-state index contributed by atoms with van der Waals surface area (Å²) in [5.41, 5.74) is 0. The first-order valence-corrected chi connectivity index (χ1v) is 8.29. The van der Waals surface area contributed by atoms with Gasteiger partial charge in [-0.2, -0.15) is 13.2 Å². The zero-order valence-corrected chi connectivity index (χ0v) is 14.4. The Morgan fingerprint density at radius 1 is 1.31 bits per heavy atom. The number of carboxylic acid groups (broad SMARTS) is 1. The quantitative estimate of drug-likeness (QED) is 0.880. The minimum Gasteiger partial charge on any atom is -0.475 e. The van der Waals surface area contributed by atoms with Gasteiger partial charge in [0.25, 0.3) is 0 Å². The molecule has 1 saturated heterocycles. The predicted molar refractivity (Wildman–Crippen MR) is 85.4 cm³/mol. The largest absolute Gasteiger partial charge is 0.490 e. The molecule has 6 nitrogen and oxygen atoms in total. The smallest absolute Gasteiger partial charge is 0.475 e. The first-order valence-electron chi connectivity index (χ1n) is 8.29. The summed E-state index contributed by atoms with van der Waals surface area (Å²) in [6.07, 6.45) is -1.01. The molecule has 2 fully saturated rings. The van der Waals surface area contributed by atoms with Crippen LogP contribution in [0.4, 0.5) is 13.2 Å². The highest BCUT2D eigenvalue weighted by molar-refractivity contribution is 5.79. The summed E-state index contributed by atoms with van der Waals surface area (Å²) < 4.78 is 37.8. The number of halogens is 3. The van der Waals surface area contributed by atoms with Crippen LogP contribution in [0.5, 0.6) is 5.88 Å². The first-order chi connectivity index (χ1) is 12.1. The Kier molecular flexibility index (Phi) is 6.09. The number of aromatic nitrogens is 1. The molecule has 0 radical (unpaired) electrons. The van der Waals surface area contributed by atoms with Gasteiger partial charge < -0.3 is 14.7 Å². The Morgan fingerprint density at radius 3 is 2.46 bits per heavy atom. The van der Waals surface area contributed by atoms with E-state index in [0.29, 0.717) is 11.8 Å². The number of ether oxygens (including phenoxy) is 1. The van der Waals surface area contributed by atoms with E-state index in [1.807, 2.05) is 36.9 Å². The number of alkyl halides is 3. The molecule has 1 aromatic rings. The molecule has 2 bridgehead atoms. The second-order valence-corrected chi connectivity index (χ2v) is 6.60. The topological polar surface area (TPSA) is 79.7 Å². The van der Waals surface area contributed by atoms with Gasteiger partial charge >= 0.3 is 12.1 Å². The third-order valence-electron chi connectivity index (χ3n) is 4.42. The molecule has 1 saturated carbocycles. The summed E-state index contributed by atoms with van der Waals surface area (Å²) in [5, 5.41) is 7.12. The lowest BCUT2D eigenvalue weighted by Gasteiger charge is -2.28. The summed E-state index contributed by atoms with van der Waals surface area (Å²) in [6, 6.07) is 5.93. The zero-order valence-electron chi connectivity index (χ0n) is 14.4. The fraction of sp³-hybridized carbons (Fsp3) is 0.588. The highest BCUT2D eigenvalue weighted by Crippen LogP contribution is 2.40. The number of pyridine rings is 1. The minimum atomic E-state index is -5.08. The molecule has 3 unspecified atom stereocenters. The van der Waals surface area contributed by atoms with Crippen LogP contribution in [0.3, 0.4) is 0 Å². The van der Waals surface area contributed by atoms with Crippen molar-refractivity contribution in [3.63, 3.8) is 0 Å². The van der Waals surface area contributed by atoms with Crippen LogP contribution < -0.4 is 4.74 Å². The van der Waals surface area contributed by atoms with Gasteiger partial charge in [0, 0.05) is 30.6 Å². The fourth-order valence-corrected chi connectivity index (χ4v) is 3.26. The molecule has 1 aromatic heterocycles. The van der Waals surface area contributed by atoms with Gasteiger partial charge in [-0.05, 0) is 18.9 Å². The first kappa shape index (κ1) is 20.0. The van der Waals surface area contributed by atoms with E-state index < -0.39 is 12.1 Å². The van der Waals surface area contributed by atoms with Crippen molar-refractivity contribution in [2.45, 2.75) is 45.0 Å². The third kappa shape index (κ3) is 4.64. The summed E-state index contributed by atoms with van der Waals surface area (Å²) in [5.74, 6) is -1.30. The van der Waals surface area contributed by atoms with Gasteiger partial charge in [0.15, 0.2) is 0 Å². The minimum absolute atomic E-state index is 0.0647. The van der Waals surface area contributed by atoms with Crippen LogP contribution in [0.2, 0.25) is 0 Å². The second kappa shape index (κ2) is 7.92. The van der Waals surface area contributed by atoms with Crippen molar-refractivity contribution in [1.82, 2.24) is 9.88 Å². The second-order valence-electron chi connectivity index (χ2n) is 6.60. The van der Waals surface area contributed by atoms with E-state index in [-0.39, 0.29) is 24.0 Å². The van der Waals surface area contributed by atoms with Crippen molar-refractivity contribution in [2.75, 3.05) is 6.54 Å². The molecule has 0 aromatic carbocycles. The van der Waals surface area contributed by atoms with Crippen molar-refractivity contribution in [3.8, 4) is 5.88 Å². The normalized spacial score (nSPS) is 24.2. The molecule has 1 aliphatic carbocycles. The Hall–Kier alpha value is -2.32. The van der Waals surface area contributed by atoms with E-state index in [2.05, 4.69) is 4.98 Å². The molecular formula is C17H21F3N2O4. The Bertz CT molecular complexity index is 637. The standard InChI is InChI=1S/C15H20N2O2.C2HF3O2/c1-10(2)15(18)17-9-11-6-7-12(17)14(11)19-13-5-3-4-8-16-13;3-2(4,5)1(6)7/h3-5,8,10-12,14H,6-7,9H2,1-2H3;(H,6,7). The number of piperidine rings is 1. The Morgan fingerprint density at radius 2 is 1.96 bits per heavy atom. The predicted octanol–water partition coefficient (Wildman–Crippen LogP) is 2.74. The van der Waals surface area contributed by atoms with E-state index in [1.54, 1.807) is 6.20 Å². The van der Waals surface area contributed by atoms with E-state index in [1.165, 1.54) is 0 Å². The number of carbonyl (C=O) groups is 2. The van der Waals surface area contributed by atoms with Crippen molar-refractivity contribution in [1.29, 1.82) is 0 Å². The van der Waals surface area contributed by atoms with Crippen LogP contribution in [0.25, 0.3) is 0 Å². The summed E-state index contributed by atoms with van der Waals surface area (Å²) in [6.45, 7) is 4.77. The fourth-order valence-electron chi connectivity index (χ4n) is 3.26. The van der Waals surface area contributed by atoms with Gasteiger partial charge in [-0.15, -0.1) is 0 Å². The van der Waals surface area contributed by atoms with Crippen molar-refractivity contribution >= 4 is 11.9 Å². The Labute approximate surface area is 149 Å². The van der Waals surface area contributed by atoms with Crippen LogP contribution in [0.15, 0.2) is 24.4 Å². The average Bonchev–Trinajstić information content (AvgIpc) is 3.11. The van der Waals surface area contributed by atoms with Crippen LogP contribution in [-0.4, -0.2) is 51.7 Å². The maximum Gasteiger partial charge on any atom is 0.490 e. The van der Waals surface area contributed by atoms with Gasteiger partial charge in [-0.25, -0.2) is 9.78 Å². The average molecular weight is 374 g/mol. The number of amides is 1. The molecule has 2 heterocycles. The maximum atomic E-state index is 12.2. The lowest BCUT2D eigenvalue weighted by molar-refractivity contribution is -0.192. The van der Waals surface area contributed by atoms with Crippen molar-refractivity contribution in [3.05, 3.63) is 24.4 Å². The summed E-state index contributed by atoms with van der Waals surface area (Å²) >= 11 is 0.